The summed E-state index contributed by atoms with van der Waals surface area (Å²) >= 11 is 0. The minimum absolute atomic E-state index is 0.452. The number of H-pyrrole nitrogens is 1. The van der Waals surface area contributed by atoms with Crippen LogP contribution in [0.1, 0.15) is 0 Å². The number of hydrogen-bond acceptors (Lipinski definition) is 5. The molecule has 84 valence electrons. The Morgan fingerprint density at radius 1 is 1.06 bits per heavy atom. The smallest absolute Gasteiger partial charge is 0.183 e. The quantitative estimate of drug-likeness (QED) is 0.577. The van der Waals surface area contributed by atoms with Gasteiger partial charge in [-0.15, -0.1) is 0 Å². The van der Waals surface area contributed by atoms with Crippen molar-refractivity contribution < 1.29 is 0 Å². The number of nitrogens with zero attached hydrogens (tertiary/aromatic N) is 3. The molecule has 0 aromatic carbocycles. The molecule has 0 saturated heterocycles. The lowest BCUT2D eigenvalue weighted by Gasteiger charge is -2.01. The molecule has 0 aliphatic carbocycles. The van der Waals surface area contributed by atoms with E-state index in [2.05, 4.69) is 20.2 Å². The second-order valence-corrected chi connectivity index (χ2v) is 3.67. The van der Waals surface area contributed by atoms with Crippen molar-refractivity contribution in [2.75, 3.05) is 11.5 Å². The first-order valence-electron chi connectivity index (χ1n) is 5.06. The summed E-state index contributed by atoms with van der Waals surface area (Å²) in [7, 11) is 0. The summed E-state index contributed by atoms with van der Waals surface area (Å²) in [5, 5.41) is 7.83. The Kier molecular flexibility index (Phi) is 1.94. The van der Waals surface area contributed by atoms with Crippen molar-refractivity contribution in [2.24, 2.45) is 0 Å². The first kappa shape index (κ1) is 9.59. The van der Waals surface area contributed by atoms with Crippen LogP contribution in [0.25, 0.3) is 22.3 Å². The summed E-state index contributed by atoms with van der Waals surface area (Å²) in [4.78, 5) is 8.09. The molecule has 0 amide bonds. The van der Waals surface area contributed by atoms with E-state index in [-0.39, 0.29) is 0 Å². The van der Waals surface area contributed by atoms with Crippen LogP contribution in [-0.2, 0) is 0 Å². The third-order valence-electron chi connectivity index (χ3n) is 2.56. The molecule has 0 saturated carbocycles. The van der Waals surface area contributed by atoms with Gasteiger partial charge in [-0.2, -0.15) is 5.10 Å². The van der Waals surface area contributed by atoms with E-state index in [4.69, 9.17) is 11.5 Å². The Balaban J connectivity index is 2.31. The highest BCUT2D eigenvalue weighted by atomic mass is 15.1. The van der Waals surface area contributed by atoms with Crippen LogP contribution in [0.5, 0.6) is 0 Å². The number of aromatic nitrogens is 4. The van der Waals surface area contributed by atoms with E-state index < -0.39 is 0 Å². The van der Waals surface area contributed by atoms with Gasteiger partial charge in [0.15, 0.2) is 5.65 Å². The summed E-state index contributed by atoms with van der Waals surface area (Å²) in [6.07, 6.45) is 3.27. The average molecular weight is 226 g/mol. The van der Waals surface area contributed by atoms with Gasteiger partial charge < -0.3 is 11.5 Å². The molecule has 3 aromatic rings. The van der Waals surface area contributed by atoms with Crippen LogP contribution >= 0.6 is 0 Å². The molecular formula is C11H10N6. The second-order valence-electron chi connectivity index (χ2n) is 3.67. The number of anilines is 2. The van der Waals surface area contributed by atoms with Gasteiger partial charge in [0.2, 0.25) is 0 Å². The third-order valence-corrected chi connectivity index (χ3v) is 2.56. The molecule has 3 heterocycles. The first-order chi connectivity index (χ1) is 8.25. The Hall–Kier alpha value is -2.63. The highest BCUT2D eigenvalue weighted by Crippen LogP contribution is 2.29. The number of nitrogens with one attached hydrogen (secondary N) is 1. The van der Waals surface area contributed by atoms with Gasteiger partial charge in [0.05, 0.1) is 11.1 Å². The van der Waals surface area contributed by atoms with Gasteiger partial charge in [-0.25, -0.2) is 9.97 Å². The van der Waals surface area contributed by atoms with E-state index in [1.54, 1.807) is 24.5 Å². The maximum Gasteiger partial charge on any atom is 0.183 e. The van der Waals surface area contributed by atoms with Gasteiger partial charge in [-0.1, -0.05) is 0 Å². The van der Waals surface area contributed by atoms with Crippen molar-refractivity contribution >= 4 is 22.5 Å². The van der Waals surface area contributed by atoms with Crippen molar-refractivity contribution in [1.82, 2.24) is 20.2 Å². The summed E-state index contributed by atoms with van der Waals surface area (Å²) in [6, 6.07) is 5.35. The Bertz CT molecular complexity index is 687. The highest BCUT2D eigenvalue weighted by Gasteiger charge is 2.11. The van der Waals surface area contributed by atoms with E-state index >= 15 is 0 Å². The predicted octanol–water partition coefficient (Wildman–Crippen LogP) is 1.18. The number of pyridine rings is 2. The summed E-state index contributed by atoms with van der Waals surface area (Å²) in [6.45, 7) is 0. The van der Waals surface area contributed by atoms with E-state index in [0.717, 1.165) is 16.6 Å². The zero-order valence-corrected chi connectivity index (χ0v) is 8.88. The highest BCUT2D eigenvalue weighted by molar-refractivity contribution is 5.99. The molecule has 0 bridgehead atoms. The average Bonchev–Trinajstić information content (AvgIpc) is 2.74. The van der Waals surface area contributed by atoms with Crippen molar-refractivity contribution in [3.8, 4) is 11.3 Å². The molecule has 5 N–H and O–H groups in total. The molecule has 0 aliphatic rings. The second kappa shape index (κ2) is 3.44. The molecule has 3 aromatic heterocycles. The summed E-state index contributed by atoms with van der Waals surface area (Å²) in [5.41, 5.74) is 14.5. The van der Waals surface area contributed by atoms with Crippen LogP contribution in [-0.4, -0.2) is 20.2 Å². The van der Waals surface area contributed by atoms with Crippen molar-refractivity contribution in [2.45, 2.75) is 0 Å². The van der Waals surface area contributed by atoms with Gasteiger partial charge in [-0.3, -0.25) is 5.10 Å². The van der Waals surface area contributed by atoms with Crippen LogP contribution in [0, 0.1) is 0 Å². The van der Waals surface area contributed by atoms with E-state index in [1.807, 2.05) is 6.07 Å². The van der Waals surface area contributed by atoms with Crippen molar-refractivity contribution in [3.63, 3.8) is 0 Å². The number of aromatic amines is 1. The van der Waals surface area contributed by atoms with Crippen molar-refractivity contribution in [1.29, 1.82) is 0 Å². The largest absolute Gasteiger partial charge is 0.398 e. The minimum atomic E-state index is 0.452. The van der Waals surface area contributed by atoms with E-state index in [0.29, 0.717) is 17.2 Å². The molecule has 3 rings (SSSR count). The SMILES string of the molecule is Nc1cc(-c2[nH]nc3nccc(N)c23)ccn1. The van der Waals surface area contributed by atoms with Gasteiger partial charge in [-0.05, 0) is 18.2 Å². The zero-order valence-electron chi connectivity index (χ0n) is 8.88. The first-order valence-corrected chi connectivity index (χ1v) is 5.06. The lowest BCUT2D eigenvalue weighted by molar-refractivity contribution is 1.10. The monoisotopic (exact) mass is 226 g/mol. The minimum Gasteiger partial charge on any atom is -0.398 e. The van der Waals surface area contributed by atoms with Gasteiger partial charge in [0.1, 0.15) is 5.82 Å². The maximum atomic E-state index is 5.93. The van der Waals surface area contributed by atoms with Crippen molar-refractivity contribution in [3.05, 3.63) is 30.6 Å². The van der Waals surface area contributed by atoms with E-state index in [1.165, 1.54) is 0 Å². The van der Waals surface area contributed by atoms with Gasteiger partial charge in [0, 0.05) is 23.6 Å². The molecular weight excluding hydrogens is 216 g/mol. The number of nitrogen functional groups attached to an aromatic ring is 2. The molecule has 0 atom stereocenters. The molecule has 0 unspecified atom stereocenters. The summed E-state index contributed by atoms with van der Waals surface area (Å²) < 4.78 is 0. The fraction of sp³-hybridized carbons (Fsp3) is 0. The predicted molar refractivity (Wildman–Crippen MR) is 65.9 cm³/mol. The molecule has 0 fully saturated rings. The van der Waals surface area contributed by atoms with Crippen LogP contribution in [0.15, 0.2) is 30.6 Å². The van der Waals surface area contributed by atoms with E-state index in [9.17, 15) is 0 Å². The van der Waals surface area contributed by atoms with Crippen LogP contribution in [0.4, 0.5) is 11.5 Å². The Morgan fingerprint density at radius 2 is 1.88 bits per heavy atom. The molecule has 0 spiro atoms. The third kappa shape index (κ3) is 1.46. The number of hydrogen-bond donors (Lipinski definition) is 3. The lowest BCUT2D eigenvalue weighted by Crippen LogP contribution is -1.91. The van der Waals surface area contributed by atoms with Gasteiger partial charge >= 0.3 is 0 Å². The normalized spacial score (nSPS) is 10.8. The molecule has 0 aliphatic heterocycles. The molecule has 17 heavy (non-hydrogen) atoms. The number of fused-ring (bicyclic) bond motifs is 1. The Labute approximate surface area is 96.7 Å². The lowest BCUT2D eigenvalue weighted by atomic mass is 10.1. The fourth-order valence-corrected chi connectivity index (χ4v) is 1.78. The fourth-order valence-electron chi connectivity index (χ4n) is 1.78. The Morgan fingerprint density at radius 3 is 2.71 bits per heavy atom. The van der Waals surface area contributed by atoms with Crippen LogP contribution in [0.3, 0.4) is 0 Å². The number of rotatable bonds is 1. The van der Waals surface area contributed by atoms with Gasteiger partial charge in [0.25, 0.3) is 0 Å². The topological polar surface area (TPSA) is 106 Å². The molecule has 0 radical (unpaired) electrons. The number of nitrogens with two attached hydrogens (primary N) is 2. The molecule has 6 heteroatoms. The standard InChI is InChI=1S/C11H10N6/c12-7-2-4-15-11-9(7)10(16-17-11)6-1-3-14-8(13)5-6/h1-5H,(H2,13,14)(H3,12,15,16,17). The molecule has 6 nitrogen and oxygen atoms in total. The summed E-state index contributed by atoms with van der Waals surface area (Å²) in [5.74, 6) is 0.452. The van der Waals surface area contributed by atoms with Crippen LogP contribution < -0.4 is 11.5 Å². The van der Waals surface area contributed by atoms with Crippen LogP contribution in [0.2, 0.25) is 0 Å². The maximum absolute atomic E-state index is 5.93. The zero-order chi connectivity index (χ0) is 11.8.